The summed E-state index contributed by atoms with van der Waals surface area (Å²) in [7, 11) is 0. The zero-order valence-electron chi connectivity index (χ0n) is 14.4. The second-order valence-corrected chi connectivity index (χ2v) is 7.29. The first-order chi connectivity index (χ1) is 11.7. The molecule has 0 spiro atoms. The van der Waals surface area contributed by atoms with Crippen LogP contribution in [0.2, 0.25) is 0 Å². The van der Waals surface area contributed by atoms with Crippen molar-refractivity contribution in [3.63, 3.8) is 0 Å². The molecule has 0 radical (unpaired) electrons. The lowest BCUT2D eigenvalue weighted by atomic mass is 9.86. The van der Waals surface area contributed by atoms with Gasteiger partial charge < -0.3 is 15.4 Å². The highest BCUT2D eigenvalue weighted by molar-refractivity contribution is 5.92. The number of fused-ring (bicyclic) bond motifs is 1. The number of carbonyl (C=O) groups excluding carboxylic acids is 1. The van der Waals surface area contributed by atoms with E-state index in [4.69, 9.17) is 4.74 Å². The summed E-state index contributed by atoms with van der Waals surface area (Å²) in [4.78, 5) is 35.6. The van der Waals surface area contributed by atoms with E-state index in [-0.39, 0.29) is 23.2 Å². The molecule has 1 aliphatic rings. The maximum atomic E-state index is 12.0. The number of benzene rings is 1. The van der Waals surface area contributed by atoms with Gasteiger partial charge in [0.1, 0.15) is 5.60 Å². The molecule has 1 aromatic carbocycles. The van der Waals surface area contributed by atoms with Crippen molar-refractivity contribution >= 4 is 22.6 Å². The minimum absolute atomic E-state index is 0.0315. The molecule has 8 heteroatoms. The summed E-state index contributed by atoms with van der Waals surface area (Å²) in [5, 5.41) is 11.4. The molecule has 134 valence electrons. The van der Waals surface area contributed by atoms with E-state index in [1.807, 2.05) is 20.8 Å². The van der Waals surface area contributed by atoms with Crippen LogP contribution >= 0.6 is 0 Å². The number of ether oxygens (including phenoxy) is 1. The molecule has 1 aliphatic carbocycles. The van der Waals surface area contributed by atoms with Gasteiger partial charge in [0.2, 0.25) is 0 Å². The molecule has 0 aliphatic heterocycles. The van der Waals surface area contributed by atoms with Crippen molar-refractivity contribution in [3.8, 4) is 0 Å². The van der Waals surface area contributed by atoms with Gasteiger partial charge in [0, 0.05) is 17.8 Å². The number of aromatic nitrogens is 2. The Morgan fingerprint density at radius 3 is 2.48 bits per heavy atom. The zero-order valence-corrected chi connectivity index (χ0v) is 14.4. The molecule has 1 saturated carbocycles. The smallest absolute Gasteiger partial charge is 0.407 e. The van der Waals surface area contributed by atoms with Crippen LogP contribution in [0.5, 0.6) is 0 Å². The number of aromatic amines is 2. The molecule has 0 unspecified atom stereocenters. The van der Waals surface area contributed by atoms with Gasteiger partial charge in [0.25, 0.3) is 11.1 Å². The third-order valence-corrected chi connectivity index (χ3v) is 4.04. The maximum Gasteiger partial charge on any atom is 0.407 e. The van der Waals surface area contributed by atoms with Gasteiger partial charge in [-0.05, 0) is 45.7 Å². The number of alkyl carbamates (subject to hydrolysis) is 1. The summed E-state index contributed by atoms with van der Waals surface area (Å²) in [6.45, 7) is 5.45. The van der Waals surface area contributed by atoms with Gasteiger partial charge in [0.15, 0.2) is 0 Å². The van der Waals surface area contributed by atoms with E-state index in [9.17, 15) is 14.4 Å². The Morgan fingerprint density at radius 2 is 1.80 bits per heavy atom. The third kappa shape index (κ3) is 3.84. The molecule has 0 saturated heterocycles. The van der Waals surface area contributed by atoms with Crippen LogP contribution in [0.3, 0.4) is 0 Å². The Kier molecular flexibility index (Phi) is 4.28. The molecule has 0 bridgehead atoms. The summed E-state index contributed by atoms with van der Waals surface area (Å²) in [6.07, 6.45) is 1.01. The van der Waals surface area contributed by atoms with E-state index in [0.717, 1.165) is 12.8 Å². The van der Waals surface area contributed by atoms with Crippen molar-refractivity contribution in [2.75, 3.05) is 5.32 Å². The van der Waals surface area contributed by atoms with Crippen LogP contribution in [0.15, 0.2) is 27.8 Å². The molecule has 1 heterocycles. The van der Waals surface area contributed by atoms with Gasteiger partial charge in [-0.2, -0.15) is 0 Å². The first-order valence-electron chi connectivity index (χ1n) is 8.22. The molecule has 2 aromatic rings. The van der Waals surface area contributed by atoms with Crippen molar-refractivity contribution in [1.82, 2.24) is 15.5 Å². The van der Waals surface area contributed by atoms with Crippen LogP contribution in [-0.4, -0.2) is 34.0 Å². The largest absolute Gasteiger partial charge is 0.444 e. The molecule has 25 heavy (non-hydrogen) atoms. The average molecular weight is 346 g/mol. The van der Waals surface area contributed by atoms with E-state index in [1.54, 1.807) is 18.2 Å². The molecule has 1 fully saturated rings. The number of anilines is 1. The normalized spacial score (nSPS) is 20.0. The Bertz CT molecular complexity index is 903. The minimum atomic E-state index is -0.525. The fourth-order valence-electron chi connectivity index (χ4n) is 2.90. The summed E-state index contributed by atoms with van der Waals surface area (Å²) in [5.41, 5.74) is -0.593. The van der Waals surface area contributed by atoms with Gasteiger partial charge in [-0.3, -0.25) is 19.8 Å². The zero-order chi connectivity index (χ0) is 18.2. The standard InChI is InChI=1S/C17H22N4O4/c1-17(2,3)25-16(24)19-10-7-9(8-10)18-12-6-4-5-11-13(12)15(23)21-20-14(11)22/h4-6,9-10,18H,7-8H2,1-3H3,(H,19,24)(H,20,22)(H,21,23). The number of hydrogen-bond acceptors (Lipinski definition) is 5. The fourth-order valence-corrected chi connectivity index (χ4v) is 2.90. The third-order valence-electron chi connectivity index (χ3n) is 4.04. The summed E-state index contributed by atoms with van der Waals surface area (Å²) in [5.74, 6) is 0. The lowest BCUT2D eigenvalue weighted by molar-refractivity contribution is 0.0475. The molecule has 1 amide bonds. The second kappa shape index (κ2) is 6.27. The first-order valence-corrected chi connectivity index (χ1v) is 8.22. The number of H-pyrrole nitrogens is 2. The summed E-state index contributed by atoms with van der Waals surface area (Å²) in [6, 6.07) is 5.26. The Morgan fingerprint density at radius 1 is 1.12 bits per heavy atom. The topological polar surface area (TPSA) is 116 Å². The predicted molar refractivity (Wildman–Crippen MR) is 95.0 cm³/mol. The lowest BCUT2D eigenvalue weighted by Gasteiger charge is -2.37. The quantitative estimate of drug-likeness (QED) is 0.675. The molecule has 0 atom stereocenters. The summed E-state index contributed by atoms with van der Waals surface area (Å²) < 4.78 is 5.23. The van der Waals surface area contributed by atoms with Crippen LogP contribution < -0.4 is 21.8 Å². The number of nitrogens with one attached hydrogen (secondary N) is 4. The van der Waals surface area contributed by atoms with Gasteiger partial charge in [-0.15, -0.1) is 0 Å². The van der Waals surface area contributed by atoms with E-state index < -0.39 is 11.7 Å². The molecule has 3 rings (SSSR count). The molecule has 4 N–H and O–H groups in total. The molecular weight excluding hydrogens is 324 g/mol. The highest BCUT2D eigenvalue weighted by Crippen LogP contribution is 2.27. The van der Waals surface area contributed by atoms with Gasteiger partial charge in [-0.25, -0.2) is 4.79 Å². The Labute approximate surface area is 143 Å². The van der Waals surface area contributed by atoms with Crippen LogP contribution in [-0.2, 0) is 4.74 Å². The van der Waals surface area contributed by atoms with E-state index in [0.29, 0.717) is 16.5 Å². The highest BCUT2D eigenvalue weighted by atomic mass is 16.6. The van der Waals surface area contributed by atoms with E-state index in [2.05, 4.69) is 20.8 Å². The second-order valence-electron chi connectivity index (χ2n) is 7.29. The van der Waals surface area contributed by atoms with Crippen molar-refractivity contribution in [1.29, 1.82) is 0 Å². The Hall–Kier alpha value is -2.77. The van der Waals surface area contributed by atoms with Gasteiger partial charge in [0.05, 0.1) is 10.8 Å². The molecule has 1 aromatic heterocycles. The molecular formula is C17H22N4O4. The minimum Gasteiger partial charge on any atom is -0.444 e. The summed E-state index contributed by atoms with van der Waals surface area (Å²) >= 11 is 0. The number of carbonyl (C=O) groups is 1. The van der Waals surface area contributed by atoms with Crippen LogP contribution in [0.4, 0.5) is 10.5 Å². The van der Waals surface area contributed by atoms with E-state index in [1.165, 1.54) is 0 Å². The van der Waals surface area contributed by atoms with Crippen molar-refractivity contribution in [2.45, 2.75) is 51.3 Å². The van der Waals surface area contributed by atoms with Crippen molar-refractivity contribution < 1.29 is 9.53 Å². The number of rotatable bonds is 3. The lowest BCUT2D eigenvalue weighted by Crippen LogP contribution is -2.50. The Balaban J connectivity index is 1.64. The average Bonchev–Trinajstić information content (AvgIpc) is 2.47. The maximum absolute atomic E-state index is 12.0. The number of amides is 1. The number of hydrogen-bond donors (Lipinski definition) is 4. The van der Waals surface area contributed by atoms with Crippen LogP contribution in [0.1, 0.15) is 33.6 Å². The van der Waals surface area contributed by atoms with Crippen LogP contribution in [0, 0.1) is 0 Å². The van der Waals surface area contributed by atoms with Gasteiger partial charge in [-0.1, -0.05) is 6.07 Å². The van der Waals surface area contributed by atoms with Gasteiger partial charge >= 0.3 is 6.09 Å². The molecule has 8 nitrogen and oxygen atoms in total. The monoisotopic (exact) mass is 346 g/mol. The SMILES string of the molecule is CC(C)(C)OC(=O)NC1CC(Nc2cccc3c(=O)[nH][nH]c(=O)c23)C1. The highest BCUT2D eigenvalue weighted by Gasteiger charge is 2.32. The predicted octanol–water partition coefficient (Wildman–Crippen LogP) is 1.68. The van der Waals surface area contributed by atoms with Crippen molar-refractivity contribution in [3.05, 3.63) is 38.9 Å². The van der Waals surface area contributed by atoms with Crippen LogP contribution in [0.25, 0.3) is 10.8 Å². The van der Waals surface area contributed by atoms with Crippen molar-refractivity contribution in [2.24, 2.45) is 0 Å². The fraction of sp³-hybridized carbons (Fsp3) is 0.471. The van der Waals surface area contributed by atoms with E-state index >= 15 is 0 Å². The first kappa shape index (κ1) is 17.1.